The molecule has 1 aromatic carbocycles. The number of aromatic nitrogens is 2. The van der Waals surface area contributed by atoms with Gasteiger partial charge in [-0.15, -0.1) is 0 Å². The standard InChI is InChI=1S/C21H25F2N3O3/c1-4-28-18-8-13(3)24-21(25-18)15-10-16(22)20(17(23)11-15)26-7-6-14(12-26)9-19(27)29-5-2/h8,10-11,14H,4-7,9,12H2,1-3H3. The van der Waals surface area contributed by atoms with E-state index in [0.29, 0.717) is 44.3 Å². The molecule has 156 valence electrons. The Labute approximate surface area is 168 Å². The molecule has 3 rings (SSSR count). The third-order valence-corrected chi connectivity index (χ3v) is 4.76. The number of nitrogens with zero attached hydrogens (tertiary/aromatic N) is 3. The number of carbonyl (C=O) groups excluding carboxylic acids is 1. The second-order valence-electron chi connectivity index (χ2n) is 7.00. The first kappa shape index (κ1) is 21.0. The molecule has 1 unspecified atom stereocenters. The van der Waals surface area contributed by atoms with Crippen molar-refractivity contribution in [3.05, 3.63) is 35.5 Å². The Hall–Kier alpha value is -2.77. The monoisotopic (exact) mass is 405 g/mol. The highest BCUT2D eigenvalue weighted by Crippen LogP contribution is 2.33. The lowest BCUT2D eigenvalue weighted by Gasteiger charge is -2.20. The van der Waals surface area contributed by atoms with Crippen LogP contribution in [0.5, 0.6) is 5.88 Å². The summed E-state index contributed by atoms with van der Waals surface area (Å²) in [4.78, 5) is 21.8. The number of hydrogen-bond acceptors (Lipinski definition) is 6. The normalized spacial score (nSPS) is 16.2. The van der Waals surface area contributed by atoms with Gasteiger partial charge in [-0.05, 0) is 45.2 Å². The van der Waals surface area contributed by atoms with Gasteiger partial charge < -0.3 is 14.4 Å². The quantitative estimate of drug-likeness (QED) is 0.651. The summed E-state index contributed by atoms with van der Waals surface area (Å²) in [5.74, 6) is -1.06. The summed E-state index contributed by atoms with van der Waals surface area (Å²) in [6.07, 6.45) is 0.932. The number of rotatable bonds is 7. The second kappa shape index (κ2) is 9.15. The topological polar surface area (TPSA) is 64.5 Å². The van der Waals surface area contributed by atoms with E-state index in [1.54, 1.807) is 24.8 Å². The largest absolute Gasteiger partial charge is 0.478 e. The van der Waals surface area contributed by atoms with Crippen molar-refractivity contribution < 1.29 is 23.0 Å². The number of aryl methyl sites for hydroxylation is 1. The number of carbonyl (C=O) groups is 1. The maximum atomic E-state index is 14.8. The summed E-state index contributed by atoms with van der Waals surface area (Å²) in [6, 6.07) is 4.14. The minimum Gasteiger partial charge on any atom is -0.478 e. The van der Waals surface area contributed by atoms with Gasteiger partial charge >= 0.3 is 5.97 Å². The first-order valence-electron chi connectivity index (χ1n) is 9.79. The lowest BCUT2D eigenvalue weighted by Crippen LogP contribution is -2.23. The molecular weight excluding hydrogens is 380 g/mol. The van der Waals surface area contributed by atoms with Crippen LogP contribution in [0.4, 0.5) is 14.5 Å². The van der Waals surface area contributed by atoms with Crippen molar-refractivity contribution in [2.24, 2.45) is 5.92 Å². The fourth-order valence-electron chi connectivity index (χ4n) is 3.55. The molecule has 1 fully saturated rings. The average molecular weight is 405 g/mol. The molecule has 6 nitrogen and oxygen atoms in total. The second-order valence-corrected chi connectivity index (χ2v) is 7.00. The summed E-state index contributed by atoms with van der Waals surface area (Å²) in [5, 5.41) is 0. The smallest absolute Gasteiger partial charge is 0.306 e. The molecule has 0 spiro atoms. The minimum atomic E-state index is -0.681. The summed E-state index contributed by atoms with van der Waals surface area (Å²) in [5.41, 5.74) is 0.804. The molecule has 0 N–H and O–H groups in total. The average Bonchev–Trinajstić information content (AvgIpc) is 3.09. The zero-order valence-electron chi connectivity index (χ0n) is 16.9. The van der Waals surface area contributed by atoms with Crippen molar-refractivity contribution in [1.82, 2.24) is 9.97 Å². The fourth-order valence-corrected chi connectivity index (χ4v) is 3.55. The van der Waals surface area contributed by atoms with Crippen LogP contribution in [0, 0.1) is 24.5 Å². The first-order valence-corrected chi connectivity index (χ1v) is 9.79. The number of benzene rings is 1. The van der Waals surface area contributed by atoms with Gasteiger partial charge in [-0.25, -0.2) is 13.8 Å². The van der Waals surface area contributed by atoms with E-state index in [-0.39, 0.29) is 35.4 Å². The van der Waals surface area contributed by atoms with E-state index in [9.17, 15) is 13.6 Å². The van der Waals surface area contributed by atoms with Crippen LogP contribution in [0.15, 0.2) is 18.2 Å². The predicted molar refractivity (Wildman–Crippen MR) is 105 cm³/mol. The van der Waals surface area contributed by atoms with E-state index in [4.69, 9.17) is 9.47 Å². The van der Waals surface area contributed by atoms with Crippen LogP contribution in [0.3, 0.4) is 0 Å². The summed E-state index contributed by atoms with van der Waals surface area (Å²) < 4.78 is 40.1. The molecule has 2 heterocycles. The summed E-state index contributed by atoms with van der Waals surface area (Å²) in [7, 11) is 0. The molecule has 1 aromatic heterocycles. The van der Waals surface area contributed by atoms with E-state index in [1.165, 1.54) is 12.1 Å². The van der Waals surface area contributed by atoms with Crippen molar-refractivity contribution in [3.63, 3.8) is 0 Å². The minimum absolute atomic E-state index is 0.0152. The maximum Gasteiger partial charge on any atom is 0.306 e. The van der Waals surface area contributed by atoms with Crippen LogP contribution in [0.2, 0.25) is 0 Å². The van der Waals surface area contributed by atoms with Crippen LogP contribution < -0.4 is 9.64 Å². The van der Waals surface area contributed by atoms with Crippen molar-refractivity contribution in [2.75, 3.05) is 31.2 Å². The van der Waals surface area contributed by atoms with Gasteiger partial charge in [0.05, 0.1) is 19.6 Å². The van der Waals surface area contributed by atoms with Gasteiger partial charge in [0, 0.05) is 30.4 Å². The molecule has 1 saturated heterocycles. The molecular formula is C21H25F2N3O3. The first-order chi connectivity index (χ1) is 13.9. The van der Waals surface area contributed by atoms with Crippen molar-refractivity contribution in [1.29, 1.82) is 0 Å². The predicted octanol–water partition coefficient (Wildman–Crippen LogP) is 3.91. The Kier molecular flexibility index (Phi) is 6.61. The van der Waals surface area contributed by atoms with E-state index in [0.717, 1.165) is 0 Å². The molecule has 1 atom stereocenters. The van der Waals surface area contributed by atoms with Crippen molar-refractivity contribution in [2.45, 2.75) is 33.6 Å². The molecule has 0 saturated carbocycles. The molecule has 29 heavy (non-hydrogen) atoms. The molecule has 0 amide bonds. The highest BCUT2D eigenvalue weighted by Gasteiger charge is 2.29. The van der Waals surface area contributed by atoms with E-state index in [2.05, 4.69) is 9.97 Å². The summed E-state index contributed by atoms with van der Waals surface area (Å²) >= 11 is 0. The molecule has 1 aliphatic rings. The Balaban J connectivity index is 1.81. The van der Waals surface area contributed by atoms with Gasteiger partial charge in [0.1, 0.15) is 17.3 Å². The highest BCUT2D eigenvalue weighted by atomic mass is 19.1. The van der Waals surface area contributed by atoms with E-state index >= 15 is 0 Å². The number of anilines is 1. The fraction of sp³-hybridized carbons (Fsp3) is 0.476. The molecule has 8 heteroatoms. The summed E-state index contributed by atoms with van der Waals surface area (Å²) in [6.45, 7) is 6.99. The Bertz CT molecular complexity index is 868. The van der Waals surface area contributed by atoms with Crippen LogP contribution in [0.1, 0.15) is 32.4 Å². The van der Waals surface area contributed by atoms with Crippen molar-refractivity contribution >= 4 is 11.7 Å². The Morgan fingerprint density at radius 2 is 1.90 bits per heavy atom. The number of hydrogen-bond donors (Lipinski definition) is 0. The van der Waals surface area contributed by atoms with Crippen molar-refractivity contribution in [3.8, 4) is 17.3 Å². The third-order valence-electron chi connectivity index (χ3n) is 4.76. The van der Waals surface area contributed by atoms with E-state index < -0.39 is 11.6 Å². The zero-order chi connectivity index (χ0) is 21.0. The SMILES string of the molecule is CCOC(=O)CC1CCN(c2c(F)cc(-c3nc(C)cc(OCC)n3)cc2F)C1. The lowest BCUT2D eigenvalue weighted by molar-refractivity contribution is -0.144. The van der Waals surface area contributed by atoms with Crippen LogP contribution >= 0.6 is 0 Å². The van der Waals surface area contributed by atoms with Gasteiger partial charge in [0.2, 0.25) is 5.88 Å². The molecule has 1 aliphatic heterocycles. The molecule has 0 radical (unpaired) electrons. The Morgan fingerprint density at radius 3 is 2.55 bits per heavy atom. The van der Waals surface area contributed by atoms with Crippen LogP contribution in [0.25, 0.3) is 11.4 Å². The molecule has 2 aromatic rings. The van der Waals surface area contributed by atoms with Gasteiger partial charge in [-0.3, -0.25) is 4.79 Å². The molecule has 0 bridgehead atoms. The van der Waals surface area contributed by atoms with Crippen LogP contribution in [-0.4, -0.2) is 42.2 Å². The highest BCUT2D eigenvalue weighted by molar-refractivity contribution is 5.70. The number of esters is 1. The number of halogens is 2. The maximum absolute atomic E-state index is 14.8. The number of ether oxygens (including phenoxy) is 2. The van der Waals surface area contributed by atoms with Crippen LogP contribution in [-0.2, 0) is 9.53 Å². The third kappa shape index (κ3) is 4.99. The van der Waals surface area contributed by atoms with Gasteiger partial charge in [-0.2, -0.15) is 4.98 Å². The van der Waals surface area contributed by atoms with E-state index in [1.807, 2.05) is 6.92 Å². The van der Waals surface area contributed by atoms with Gasteiger partial charge in [0.15, 0.2) is 5.82 Å². The Morgan fingerprint density at radius 1 is 1.17 bits per heavy atom. The van der Waals surface area contributed by atoms with Gasteiger partial charge in [0.25, 0.3) is 0 Å². The lowest BCUT2D eigenvalue weighted by atomic mass is 10.1. The zero-order valence-corrected chi connectivity index (χ0v) is 16.9. The van der Waals surface area contributed by atoms with Gasteiger partial charge in [-0.1, -0.05) is 0 Å². The molecule has 0 aliphatic carbocycles.